The van der Waals surface area contributed by atoms with E-state index in [0.717, 1.165) is 17.4 Å². The van der Waals surface area contributed by atoms with Gasteiger partial charge in [0.25, 0.3) is 0 Å². The van der Waals surface area contributed by atoms with Crippen LogP contribution in [-0.4, -0.2) is 19.6 Å². The molecule has 0 aliphatic heterocycles. The van der Waals surface area contributed by atoms with E-state index >= 15 is 0 Å². The summed E-state index contributed by atoms with van der Waals surface area (Å²) in [5, 5.41) is 4.17. The molecule has 1 aromatic carbocycles. The van der Waals surface area contributed by atoms with Crippen LogP contribution in [0.1, 0.15) is 64.9 Å². The predicted octanol–water partition coefficient (Wildman–Crippen LogP) is 6.66. The average Bonchev–Trinajstić information content (AvgIpc) is 2.61. The van der Waals surface area contributed by atoms with Crippen molar-refractivity contribution in [2.24, 2.45) is 0 Å². The number of unbranched alkanes of at least 4 members (excludes halogenated alkanes) is 3. The van der Waals surface area contributed by atoms with Crippen LogP contribution in [0, 0.1) is 0 Å². The first-order chi connectivity index (χ1) is 11.2. The van der Waals surface area contributed by atoms with Gasteiger partial charge in [-0.15, -0.1) is 0 Å². The van der Waals surface area contributed by atoms with Gasteiger partial charge in [-0.3, -0.25) is 0 Å². The van der Waals surface area contributed by atoms with Crippen molar-refractivity contribution in [3.8, 4) is 0 Å². The molecule has 0 N–H and O–H groups in total. The molecule has 0 aromatic heterocycles. The van der Waals surface area contributed by atoms with E-state index in [4.69, 9.17) is 0 Å². The van der Waals surface area contributed by atoms with E-state index in [9.17, 15) is 4.79 Å². The van der Waals surface area contributed by atoms with Gasteiger partial charge in [-0.25, -0.2) is 0 Å². The van der Waals surface area contributed by atoms with E-state index in [-0.39, 0.29) is 0 Å². The molecule has 0 unspecified atom stereocenters. The summed E-state index contributed by atoms with van der Waals surface area (Å²) >= 11 is -2.12. The van der Waals surface area contributed by atoms with Gasteiger partial charge in [0.1, 0.15) is 0 Å². The van der Waals surface area contributed by atoms with Gasteiger partial charge in [0.15, 0.2) is 0 Å². The van der Waals surface area contributed by atoms with Gasteiger partial charge in [0, 0.05) is 0 Å². The first kappa shape index (κ1) is 20.2. The van der Waals surface area contributed by atoms with E-state index in [1.165, 1.54) is 54.3 Å². The van der Waals surface area contributed by atoms with Crippen LogP contribution in [0.25, 0.3) is 5.57 Å². The van der Waals surface area contributed by atoms with Gasteiger partial charge in [-0.05, 0) is 0 Å². The van der Waals surface area contributed by atoms with Gasteiger partial charge >= 0.3 is 146 Å². The summed E-state index contributed by atoms with van der Waals surface area (Å²) in [7, 11) is 0. The molecule has 0 heterocycles. The average molecular weight is 375 g/mol. The van der Waals surface area contributed by atoms with Gasteiger partial charge in [-0.2, -0.15) is 0 Å². The topological polar surface area (TPSA) is 17.1 Å². The number of aldehydes is 1. The van der Waals surface area contributed by atoms with Gasteiger partial charge in [0.2, 0.25) is 0 Å². The number of hydrogen-bond acceptors (Lipinski definition) is 1. The molecule has 0 amide bonds. The molecule has 0 aliphatic carbocycles. The first-order valence-corrected chi connectivity index (χ1v) is 15.1. The van der Waals surface area contributed by atoms with Crippen molar-refractivity contribution in [3.63, 3.8) is 0 Å². The molecule has 23 heavy (non-hydrogen) atoms. The van der Waals surface area contributed by atoms with Crippen LogP contribution in [-0.2, 0) is 4.79 Å². The fraction of sp³-hybridized carbons (Fsp3) is 0.571. The van der Waals surface area contributed by atoms with E-state index in [1.807, 2.05) is 18.2 Å². The van der Waals surface area contributed by atoms with Crippen molar-refractivity contribution in [2.45, 2.75) is 75.1 Å². The van der Waals surface area contributed by atoms with Gasteiger partial charge < -0.3 is 0 Å². The Bertz CT molecular complexity index is 442. The van der Waals surface area contributed by atoms with Crippen molar-refractivity contribution in [1.29, 1.82) is 0 Å². The second kappa shape index (κ2) is 11.7. The van der Waals surface area contributed by atoms with Crippen LogP contribution in [0.2, 0.25) is 15.8 Å². The third kappa shape index (κ3) is 7.07. The van der Waals surface area contributed by atoms with Crippen LogP contribution < -0.4 is 0 Å². The molecular weight excluding hydrogens is 341 g/mol. The number of hydrogen-bond donors (Lipinski definition) is 0. The Morgan fingerprint density at radius 1 is 0.870 bits per heavy atom. The Kier molecular flexibility index (Phi) is 10.3. The number of carbonyl (C=O) groups is 1. The summed E-state index contributed by atoms with van der Waals surface area (Å²) in [4.78, 5) is 14.3. The number of rotatable bonds is 12. The monoisotopic (exact) mass is 376 g/mol. The Hall–Kier alpha value is -0.827. The third-order valence-electron chi connectivity index (χ3n) is 4.78. The summed E-state index contributed by atoms with van der Waals surface area (Å²) < 4.78 is 0. The molecule has 0 saturated heterocycles. The SMILES string of the molecule is CCC[CH2][Ge](/[CH]=C(\C=O)c1ccccc1)([CH2]CCC)[CH2]CCC. The van der Waals surface area contributed by atoms with Crippen LogP contribution in [0.3, 0.4) is 0 Å². The van der Waals surface area contributed by atoms with Gasteiger partial charge in [0.05, 0.1) is 0 Å². The zero-order valence-electron chi connectivity index (χ0n) is 15.3. The minimum atomic E-state index is -2.12. The Labute approximate surface area is 145 Å². The van der Waals surface area contributed by atoms with Crippen molar-refractivity contribution >= 4 is 25.1 Å². The molecule has 1 aromatic rings. The van der Waals surface area contributed by atoms with Gasteiger partial charge in [-0.1, -0.05) is 0 Å². The summed E-state index contributed by atoms with van der Waals surface area (Å²) in [5.74, 6) is 0. The molecule has 0 radical (unpaired) electrons. The molecule has 128 valence electrons. The van der Waals surface area contributed by atoms with Crippen LogP contribution in [0.15, 0.2) is 35.2 Å². The third-order valence-corrected chi connectivity index (χ3v) is 15.2. The van der Waals surface area contributed by atoms with E-state index in [2.05, 4.69) is 37.8 Å². The normalized spacial score (nSPS) is 12.4. The molecule has 2 heteroatoms. The zero-order chi connectivity index (χ0) is 17.0. The second-order valence-corrected chi connectivity index (χ2v) is 16.2. The summed E-state index contributed by atoms with van der Waals surface area (Å²) in [5.41, 5.74) is 2.05. The predicted molar refractivity (Wildman–Crippen MR) is 105 cm³/mol. The summed E-state index contributed by atoms with van der Waals surface area (Å²) in [6.07, 6.45) is 8.86. The molecule has 1 nitrogen and oxygen atoms in total. The van der Waals surface area contributed by atoms with Crippen molar-refractivity contribution in [1.82, 2.24) is 0 Å². The maximum absolute atomic E-state index is 11.8. The fourth-order valence-corrected chi connectivity index (χ4v) is 14.3. The first-order valence-electron chi connectivity index (χ1n) is 9.44. The molecule has 0 atom stereocenters. The maximum atomic E-state index is 11.8. The quantitative estimate of drug-likeness (QED) is 0.227. The summed E-state index contributed by atoms with van der Waals surface area (Å²) in [6.45, 7) is 6.86. The van der Waals surface area contributed by atoms with E-state index in [0.29, 0.717) is 0 Å². The Morgan fingerprint density at radius 2 is 1.35 bits per heavy atom. The number of allylic oxidation sites excluding steroid dienone is 1. The molecule has 0 bridgehead atoms. The number of benzene rings is 1. The molecular formula is C21H34GeO. The molecule has 0 fully saturated rings. The Balaban J connectivity index is 3.15. The Morgan fingerprint density at radius 3 is 1.74 bits per heavy atom. The molecule has 0 spiro atoms. The number of carbonyl (C=O) groups excluding carboxylic acids is 1. The second-order valence-electron chi connectivity index (χ2n) is 6.76. The van der Waals surface area contributed by atoms with E-state index in [1.54, 1.807) is 0 Å². The standard InChI is InChI=1S/C21H34GeO/c1-4-7-15-22(16-8-5-2,17-9-6-3)18-21(19-23)20-13-11-10-12-14-20/h10-14,18-19H,4-9,15-17H2,1-3H3/b21-18+. The van der Waals surface area contributed by atoms with Crippen molar-refractivity contribution in [2.75, 3.05) is 0 Å². The fourth-order valence-electron chi connectivity index (χ4n) is 3.32. The zero-order valence-corrected chi connectivity index (χ0v) is 17.4. The molecule has 0 saturated carbocycles. The summed E-state index contributed by atoms with van der Waals surface area (Å²) in [6, 6.07) is 10.2. The van der Waals surface area contributed by atoms with E-state index < -0.39 is 13.3 Å². The van der Waals surface area contributed by atoms with Crippen LogP contribution >= 0.6 is 0 Å². The van der Waals surface area contributed by atoms with Crippen molar-refractivity contribution < 1.29 is 4.79 Å². The van der Waals surface area contributed by atoms with Crippen LogP contribution in [0.5, 0.6) is 0 Å². The molecule has 0 aliphatic rings. The molecule has 1 rings (SSSR count). The minimum absolute atomic E-state index is 0.953. The van der Waals surface area contributed by atoms with Crippen molar-refractivity contribution in [3.05, 3.63) is 40.8 Å². The van der Waals surface area contributed by atoms with Crippen LogP contribution in [0.4, 0.5) is 0 Å².